The van der Waals surface area contributed by atoms with Crippen LogP contribution in [0.5, 0.6) is 0 Å². The van der Waals surface area contributed by atoms with Crippen LogP contribution < -0.4 is 0 Å². The minimum atomic E-state index is -3.95. The summed E-state index contributed by atoms with van der Waals surface area (Å²) >= 11 is 0. The summed E-state index contributed by atoms with van der Waals surface area (Å²) in [6.07, 6.45) is 0. The number of β-lactam (4-membered cyclic amide) rings is 1. The molecule has 4 nitrogen and oxygen atoms in total. The van der Waals surface area contributed by atoms with E-state index >= 15 is 0 Å². The van der Waals surface area contributed by atoms with E-state index in [1.54, 1.807) is 4.90 Å². The predicted octanol–water partition coefficient (Wildman–Crippen LogP) is 3.75. The SMILES string of the molecule is O=C1[C@@H](S(=O)(=O)c2ccc(F)cc2)[C@H](c2ccccc2)N1Cc1ccccc1. The van der Waals surface area contributed by atoms with E-state index in [1.165, 1.54) is 12.1 Å². The number of carbonyl (C=O) groups excluding carboxylic acids is 1. The van der Waals surface area contributed by atoms with Crippen LogP contribution in [0.1, 0.15) is 17.2 Å². The third-order valence-corrected chi connectivity index (χ3v) is 7.02. The van der Waals surface area contributed by atoms with Crippen molar-refractivity contribution in [3.63, 3.8) is 0 Å². The topological polar surface area (TPSA) is 54.5 Å². The fourth-order valence-electron chi connectivity index (χ4n) is 3.55. The predicted molar refractivity (Wildman–Crippen MR) is 104 cm³/mol. The van der Waals surface area contributed by atoms with Gasteiger partial charge in [-0.05, 0) is 35.4 Å². The lowest BCUT2D eigenvalue weighted by atomic mass is 9.92. The van der Waals surface area contributed by atoms with Gasteiger partial charge < -0.3 is 4.90 Å². The fraction of sp³-hybridized carbons (Fsp3) is 0.136. The molecule has 1 amide bonds. The molecule has 0 radical (unpaired) electrons. The van der Waals surface area contributed by atoms with Gasteiger partial charge in [-0.15, -0.1) is 0 Å². The molecule has 0 aliphatic carbocycles. The van der Waals surface area contributed by atoms with Crippen LogP contribution in [0.25, 0.3) is 0 Å². The zero-order valence-corrected chi connectivity index (χ0v) is 15.7. The summed E-state index contributed by atoms with van der Waals surface area (Å²) in [6.45, 7) is 0.328. The number of nitrogens with zero attached hydrogens (tertiary/aromatic N) is 1. The molecule has 1 fully saturated rings. The zero-order chi connectivity index (χ0) is 19.7. The molecule has 0 N–H and O–H groups in total. The van der Waals surface area contributed by atoms with Crippen molar-refractivity contribution in [1.29, 1.82) is 0 Å². The Balaban J connectivity index is 1.72. The third kappa shape index (κ3) is 3.20. The zero-order valence-electron chi connectivity index (χ0n) is 14.9. The molecule has 1 heterocycles. The number of rotatable bonds is 5. The Bertz CT molecular complexity index is 1080. The second-order valence-corrected chi connectivity index (χ2v) is 8.80. The van der Waals surface area contributed by atoms with E-state index in [1.807, 2.05) is 60.7 Å². The number of hydrogen-bond acceptors (Lipinski definition) is 3. The van der Waals surface area contributed by atoms with Crippen molar-refractivity contribution in [3.8, 4) is 0 Å². The van der Waals surface area contributed by atoms with Gasteiger partial charge in [-0.2, -0.15) is 0 Å². The highest BCUT2D eigenvalue weighted by atomic mass is 32.2. The van der Waals surface area contributed by atoms with Gasteiger partial charge in [0.2, 0.25) is 5.91 Å². The summed E-state index contributed by atoms with van der Waals surface area (Å²) in [5.41, 5.74) is 1.68. The monoisotopic (exact) mass is 395 g/mol. The quantitative estimate of drug-likeness (QED) is 0.488. The molecule has 1 aliphatic rings. The van der Waals surface area contributed by atoms with Gasteiger partial charge in [0.1, 0.15) is 5.82 Å². The minimum absolute atomic E-state index is 0.0486. The number of amides is 1. The number of carbonyl (C=O) groups is 1. The summed E-state index contributed by atoms with van der Waals surface area (Å²) in [4.78, 5) is 14.4. The lowest BCUT2D eigenvalue weighted by Crippen LogP contribution is -2.61. The molecule has 3 aromatic rings. The highest BCUT2D eigenvalue weighted by molar-refractivity contribution is 7.93. The van der Waals surface area contributed by atoms with Gasteiger partial charge in [0.05, 0.1) is 10.9 Å². The third-order valence-electron chi connectivity index (χ3n) is 4.96. The fourth-order valence-corrected chi connectivity index (χ4v) is 5.40. The van der Waals surface area contributed by atoms with Crippen LogP contribution in [0.15, 0.2) is 89.8 Å². The normalized spacial score (nSPS) is 19.3. The van der Waals surface area contributed by atoms with E-state index in [2.05, 4.69) is 0 Å². The van der Waals surface area contributed by atoms with Gasteiger partial charge in [-0.3, -0.25) is 4.79 Å². The number of likely N-dealkylation sites (tertiary alicyclic amines) is 1. The maximum Gasteiger partial charge on any atom is 0.244 e. The molecule has 6 heteroatoms. The molecule has 4 rings (SSSR count). The molecule has 2 atom stereocenters. The van der Waals surface area contributed by atoms with Crippen molar-refractivity contribution in [2.24, 2.45) is 0 Å². The molecule has 0 bridgehead atoms. The number of hydrogen-bond donors (Lipinski definition) is 0. The smallest absolute Gasteiger partial charge is 0.244 e. The van der Waals surface area contributed by atoms with Crippen molar-refractivity contribution >= 4 is 15.7 Å². The van der Waals surface area contributed by atoms with Crippen LogP contribution in [-0.4, -0.2) is 24.5 Å². The summed E-state index contributed by atoms with van der Waals surface area (Å²) in [6, 6.07) is 22.6. The van der Waals surface area contributed by atoms with Crippen LogP contribution in [0, 0.1) is 5.82 Å². The highest BCUT2D eigenvalue weighted by Gasteiger charge is 2.55. The van der Waals surface area contributed by atoms with E-state index in [0.717, 1.165) is 23.3 Å². The maximum atomic E-state index is 13.2. The van der Waals surface area contributed by atoms with E-state index < -0.39 is 32.9 Å². The molecule has 0 spiro atoms. The largest absolute Gasteiger partial charge is 0.328 e. The summed E-state index contributed by atoms with van der Waals surface area (Å²) in [5.74, 6) is -0.966. The first-order chi connectivity index (χ1) is 13.5. The Morgan fingerprint density at radius 1 is 0.821 bits per heavy atom. The second-order valence-electron chi connectivity index (χ2n) is 6.73. The summed E-state index contributed by atoms with van der Waals surface area (Å²) in [7, 11) is -3.95. The van der Waals surface area contributed by atoms with E-state index in [4.69, 9.17) is 0 Å². The first kappa shape index (κ1) is 18.4. The van der Waals surface area contributed by atoms with Gasteiger partial charge in [0.25, 0.3) is 0 Å². The molecular formula is C22H18FNO3S. The van der Waals surface area contributed by atoms with Crippen molar-refractivity contribution in [2.45, 2.75) is 22.7 Å². The van der Waals surface area contributed by atoms with Gasteiger partial charge in [-0.1, -0.05) is 60.7 Å². The van der Waals surface area contributed by atoms with E-state index in [9.17, 15) is 17.6 Å². The minimum Gasteiger partial charge on any atom is -0.328 e. The lowest BCUT2D eigenvalue weighted by Gasteiger charge is -2.46. The number of halogens is 1. The van der Waals surface area contributed by atoms with Crippen LogP contribution in [0.4, 0.5) is 4.39 Å². The van der Waals surface area contributed by atoms with Gasteiger partial charge in [-0.25, -0.2) is 12.8 Å². The highest BCUT2D eigenvalue weighted by Crippen LogP contribution is 2.42. The molecule has 28 heavy (non-hydrogen) atoms. The summed E-state index contributed by atoms with van der Waals surface area (Å²) in [5, 5.41) is -1.22. The Morgan fingerprint density at radius 3 is 2.00 bits per heavy atom. The molecule has 1 aliphatic heterocycles. The first-order valence-corrected chi connectivity index (χ1v) is 10.4. The second kappa shape index (κ2) is 7.20. The first-order valence-electron chi connectivity index (χ1n) is 8.87. The molecule has 1 saturated heterocycles. The molecule has 142 valence electrons. The molecule has 0 saturated carbocycles. The Morgan fingerprint density at radius 2 is 1.39 bits per heavy atom. The van der Waals surface area contributed by atoms with E-state index in [0.29, 0.717) is 6.54 Å². The molecule has 0 aromatic heterocycles. The molecular weight excluding hydrogens is 377 g/mol. The Kier molecular flexibility index (Phi) is 4.73. The molecule has 0 unspecified atom stereocenters. The van der Waals surface area contributed by atoms with Crippen LogP contribution in [-0.2, 0) is 21.2 Å². The lowest BCUT2D eigenvalue weighted by molar-refractivity contribution is -0.146. The maximum absolute atomic E-state index is 13.2. The van der Waals surface area contributed by atoms with Crippen LogP contribution in [0.2, 0.25) is 0 Å². The van der Waals surface area contributed by atoms with Crippen molar-refractivity contribution in [1.82, 2.24) is 4.90 Å². The van der Waals surface area contributed by atoms with Crippen LogP contribution in [0.3, 0.4) is 0 Å². The standard InChI is InChI=1S/C22H18FNO3S/c23-18-11-13-19(14-12-18)28(26,27)21-20(17-9-5-2-6-10-17)24(22(21)25)15-16-7-3-1-4-8-16/h1-14,20-21H,15H2/t20-,21-/m0/s1. The average Bonchev–Trinajstić information content (AvgIpc) is 2.71. The Hall–Kier alpha value is -2.99. The van der Waals surface area contributed by atoms with Gasteiger partial charge >= 0.3 is 0 Å². The van der Waals surface area contributed by atoms with E-state index in [-0.39, 0.29) is 4.90 Å². The van der Waals surface area contributed by atoms with Crippen molar-refractivity contribution in [3.05, 3.63) is 102 Å². The van der Waals surface area contributed by atoms with Gasteiger partial charge in [0.15, 0.2) is 15.1 Å². The Labute approximate surface area is 163 Å². The van der Waals surface area contributed by atoms with Crippen molar-refractivity contribution in [2.75, 3.05) is 0 Å². The van der Waals surface area contributed by atoms with Crippen LogP contribution >= 0.6 is 0 Å². The van der Waals surface area contributed by atoms with Crippen molar-refractivity contribution < 1.29 is 17.6 Å². The molecule has 3 aromatic carbocycles. The number of sulfone groups is 1. The average molecular weight is 395 g/mol. The number of benzene rings is 3. The van der Waals surface area contributed by atoms with Gasteiger partial charge in [0, 0.05) is 6.54 Å². The summed E-state index contributed by atoms with van der Waals surface area (Å²) < 4.78 is 39.5.